The lowest BCUT2D eigenvalue weighted by atomic mass is 10.3. The van der Waals surface area contributed by atoms with Crippen LogP contribution in [0.2, 0.25) is 0 Å². The summed E-state index contributed by atoms with van der Waals surface area (Å²) in [4.78, 5) is 11.8. The maximum Gasteiger partial charge on any atom is 0.166 e. The highest BCUT2D eigenvalue weighted by atomic mass is 32.1. The van der Waals surface area contributed by atoms with Gasteiger partial charge in [-0.25, -0.2) is 9.97 Å². The second kappa shape index (κ2) is 2.67. The third kappa shape index (κ3) is 1.27. The zero-order valence-electron chi connectivity index (χ0n) is 7.03. The lowest BCUT2D eigenvalue weighted by Crippen LogP contribution is -1.79. The highest BCUT2D eigenvalue weighted by Crippen LogP contribution is 2.39. The van der Waals surface area contributed by atoms with Gasteiger partial charge >= 0.3 is 0 Å². The van der Waals surface area contributed by atoms with E-state index in [-0.39, 0.29) is 0 Å². The van der Waals surface area contributed by atoms with E-state index in [1.807, 2.05) is 11.6 Å². The Balaban J connectivity index is 1.97. The number of nitrogens with one attached hydrogen (secondary N) is 1. The fraction of sp³-hybridized carbons (Fsp3) is 0.333. The van der Waals surface area contributed by atoms with Gasteiger partial charge in [0.2, 0.25) is 0 Å². The van der Waals surface area contributed by atoms with Crippen LogP contribution in [0.3, 0.4) is 0 Å². The standard InChI is InChI=1S/C9H9N3S/c1-2-6(1)7-5-11-8(12-7)9-10-3-4-13-9/h3-6H,1-2H2,(H,11,12). The lowest BCUT2D eigenvalue weighted by Gasteiger charge is -1.88. The van der Waals surface area contributed by atoms with Gasteiger partial charge in [-0.3, -0.25) is 0 Å². The van der Waals surface area contributed by atoms with Crippen LogP contribution >= 0.6 is 11.3 Å². The second-order valence-electron chi connectivity index (χ2n) is 3.30. The number of imidazole rings is 1. The summed E-state index contributed by atoms with van der Waals surface area (Å²) >= 11 is 1.62. The number of aromatic amines is 1. The van der Waals surface area contributed by atoms with Crippen LogP contribution in [0.4, 0.5) is 0 Å². The van der Waals surface area contributed by atoms with Gasteiger partial charge < -0.3 is 4.98 Å². The van der Waals surface area contributed by atoms with Crippen molar-refractivity contribution in [2.24, 2.45) is 0 Å². The molecule has 0 radical (unpaired) electrons. The van der Waals surface area contributed by atoms with Crippen LogP contribution < -0.4 is 0 Å². The summed E-state index contributed by atoms with van der Waals surface area (Å²) in [6.07, 6.45) is 6.35. The molecule has 1 saturated carbocycles. The molecule has 2 heterocycles. The molecular formula is C9H9N3S. The Bertz CT molecular complexity index is 400. The summed E-state index contributed by atoms with van der Waals surface area (Å²) in [6, 6.07) is 0. The van der Waals surface area contributed by atoms with Gasteiger partial charge in [0.05, 0.1) is 0 Å². The molecule has 0 saturated heterocycles. The van der Waals surface area contributed by atoms with E-state index >= 15 is 0 Å². The minimum absolute atomic E-state index is 0.737. The first-order valence-electron chi connectivity index (χ1n) is 4.38. The predicted molar refractivity (Wildman–Crippen MR) is 51.7 cm³/mol. The van der Waals surface area contributed by atoms with Gasteiger partial charge in [0, 0.05) is 29.4 Å². The lowest BCUT2D eigenvalue weighted by molar-refractivity contribution is 1.05. The van der Waals surface area contributed by atoms with E-state index in [1.165, 1.54) is 18.5 Å². The molecule has 0 atom stereocenters. The molecular weight excluding hydrogens is 182 g/mol. The topological polar surface area (TPSA) is 41.6 Å². The second-order valence-corrected chi connectivity index (χ2v) is 4.19. The molecule has 1 fully saturated rings. The van der Waals surface area contributed by atoms with E-state index < -0.39 is 0 Å². The quantitative estimate of drug-likeness (QED) is 0.792. The summed E-state index contributed by atoms with van der Waals surface area (Å²) < 4.78 is 0. The van der Waals surface area contributed by atoms with Crippen molar-refractivity contribution in [2.75, 3.05) is 0 Å². The Morgan fingerprint density at radius 2 is 2.31 bits per heavy atom. The molecule has 1 aliphatic rings. The molecule has 0 amide bonds. The maximum absolute atomic E-state index is 4.31. The molecule has 3 nitrogen and oxygen atoms in total. The zero-order chi connectivity index (χ0) is 8.67. The normalized spacial score (nSPS) is 16.3. The van der Waals surface area contributed by atoms with Crippen LogP contribution in [0.5, 0.6) is 0 Å². The number of rotatable bonds is 2. The van der Waals surface area contributed by atoms with Crippen molar-refractivity contribution < 1.29 is 0 Å². The van der Waals surface area contributed by atoms with Crippen molar-refractivity contribution in [2.45, 2.75) is 18.8 Å². The van der Waals surface area contributed by atoms with E-state index in [9.17, 15) is 0 Å². The smallest absolute Gasteiger partial charge is 0.166 e. The fourth-order valence-corrected chi connectivity index (χ4v) is 1.97. The largest absolute Gasteiger partial charge is 0.340 e. The van der Waals surface area contributed by atoms with Crippen molar-refractivity contribution in [3.05, 3.63) is 23.5 Å². The molecule has 0 bridgehead atoms. The predicted octanol–water partition coefficient (Wildman–Crippen LogP) is 2.41. The van der Waals surface area contributed by atoms with E-state index in [2.05, 4.69) is 15.0 Å². The van der Waals surface area contributed by atoms with Gasteiger partial charge in [-0.15, -0.1) is 11.3 Å². The summed E-state index contributed by atoms with van der Waals surface area (Å²) in [5.74, 6) is 1.65. The first-order valence-corrected chi connectivity index (χ1v) is 5.26. The third-order valence-corrected chi connectivity index (χ3v) is 3.03. The van der Waals surface area contributed by atoms with Gasteiger partial charge in [-0.2, -0.15) is 0 Å². The molecule has 2 aromatic rings. The van der Waals surface area contributed by atoms with Gasteiger partial charge in [0.25, 0.3) is 0 Å². The van der Waals surface area contributed by atoms with Gasteiger partial charge in [0.15, 0.2) is 10.8 Å². The molecule has 2 aromatic heterocycles. The minimum atomic E-state index is 0.737. The maximum atomic E-state index is 4.31. The molecule has 3 rings (SSSR count). The Labute approximate surface area is 79.9 Å². The van der Waals surface area contributed by atoms with Crippen molar-refractivity contribution in [1.29, 1.82) is 0 Å². The molecule has 1 N–H and O–H groups in total. The Morgan fingerprint density at radius 1 is 1.38 bits per heavy atom. The zero-order valence-corrected chi connectivity index (χ0v) is 7.84. The number of hydrogen-bond donors (Lipinski definition) is 1. The van der Waals surface area contributed by atoms with Crippen molar-refractivity contribution in [3.63, 3.8) is 0 Å². The van der Waals surface area contributed by atoms with Crippen LogP contribution in [0.25, 0.3) is 10.8 Å². The number of aromatic nitrogens is 3. The Kier molecular flexibility index (Phi) is 1.49. The Hall–Kier alpha value is -1.16. The average molecular weight is 191 g/mol. The fourth-order valence-electron chi connectivity index (χ4n) is 1.39. The molecule has 0 spiro atoms. The van der Waals surface area contributed by atoms with Gasteiger partial charge in [-0.05, 0) is 12.8 Å². The SMILES string of the molecule is c1csc(-c2ncc(C3CC3)[nH]2)n1. The molecule has 66 valence electrons. The first kappa shape index (κ1) is 7.26. The number of H-pyrrole nitrogens is 1. The monoisotopic (exact) mass is 191 g/mol. The third-order valence-electron chi connectivity index (χ3n) is 2.25. The van der Waals surface area contributed by atoms with E-state index in [1.54, 1.807) is 17.5 Å². The van der Waals surface area contributed by atoms with Crippen LogP contribution in [0.1, 0.15) is 24.5 Å². The molecule has 13 heavy (non-hydrogen) atoms. The van der Waals surface area contributed by atoms with E-state index in [4.69, 9.17) is 0 Å². The van der Waals surface area contributed by atoms with Crippen LogP contribution in [-0.2, 0) is 0 Å². The molecule has 0 aromatic carbocycles. The number of nitrogens with zero attached hydrogens (tertiary/aromatic N) is 2. The number of thiazole rings is 1. The molecule has 0 aliphatic heterocycles. The van der Waals surface area contributed by atoms with Gasteiger partial charge in [-0.1, -0.05) is 0 Å². The summed E-state index contributed by atoms with van der Waals surface area (Å²) in [5, 5.41) is 2.95. The Morgan fingerprint density at radius 3 is 3.00 bits per heavy atom. The van der Waals surface area contributed by atoms with E-state index in [0.717, 1.165) is 16.7 Å². The van der Waals surface area contributed by atoms with Crippen molar-refractivity contribution in [3.8, 4) is 10.8 Å². The molecule has 4 heteroatoms. The first-order chi connectivity index (χ1) is 6.43. The average Bonchev–Trinajstić information content (AvgIpc) is 2.72. The highest BCUT2D eigenvalue weighted by molar-refractivity contribution is 7.12. The van der Waals surface area contributed by atoms with E-state index in [0.29, 0.717) is 0 Å². The van der Waals surface area contributed by atoms with Crippen LogP contribution in [0, 0.1) is 0 Å². The molecule has 0 unspecified atom stereocenters. The summed E-state index contributed by atoms with van der Waals surface area (Å²) in [5.41, 5.74) is 1.27. The van der Waals surface area contributed by atoms with Gasteiger partial charge in [0.1, 0.15) is 0 Å². The molecule has 1 aliphatic carbocycles. The summed E-state index contributed by atoms with van der Waals surface area (Å²) in [6.45, 7) is 0. The van der Waals surface area contributed by atoms with Crippen molar-refractivity contribution >= 4 is 11.3 Å². The van der Waals surface area contributed by atoms with Crippen molar-refractivity contribution in [1.82, 2.24) is 15.0 Å². The van der Waals surface area contributed by atoms with Crippen LogP contribution in [0.15, 0.2) is 17.8 Å². The number of hydrogen-bond acceptors (Lipinski definition) is 3. The highest BCUT2D eigenvalue weighted by Gasteiger charge is 2.25. The summed E-state index contributed by atoms with van der Waals surface area (Å²) in [7, 11) is 0. The minimum Gasteiger partial charge on any atom is -0.340 e. The van der Waals surface area contributed by atoms with Crippen LogP contribution in [-0.4, -0.2) is 15.0 Å².